The fourth-order valence-electron chi connectivity index (χ4n) is 1.30. The molecule has 1 amide bonds. The van der Waals surface area contributed by atoms with Gasteiger partial charge in [-0.15, -0.1) is 11.3 Å². The number of rotatable bonds is 3. The van der Waals surface area contributed by atoms with Crippen LogP contribution >= 0.6 is 27.3 Å². The summed E-state index contributed by atoms with van der Waals surface area (Å²) in [6.45, 7) is 6.64. The van der Waals surface area contributed by atoms with E-state index in [1.807, 2.05) is 11.4 Å². The van der Waals surface area contributed by atoms with Gasteiger partial charge >= 0.3 is 0 Å². The van der Waals surface area contributed by atoms with E-state index in [0.29, 0.717) is 12.1 Å². The van der Waals surface area contributed by atoms with E-state index in [4.69, 9.17) is 5.73 Å². The molecule has 0 aliphatic rings. The first-order valence-electron chi connectivity index (χ1n) is 5.09. The lowest BCUT2D eigenvalue weighted by atomic mass is 9.86. The summed E-state index contributed by atoms with van der Waals surface area (Å²) in [5.41, 5.74) is 6.32. The van der Waals surface area contributed by atoms with Crippen LogP contribution < -0.4 is 11.1 Å². The number of nitrogens with two attached hydrogens (primary N) is 1. The molecule has 0 spiro atoms. The van der Waals surface area contributed by atoms with Gasteiger partial charge in [-0.3, -0.25) is 4.79 Å². The van der Waals surface area contributed by atoms with Gasteiger partial charge in [0.15, 0.2) is 0 Å². The molecule has 1 heterocycles. The van der Waals surface area contributed by atoms with Crippen LogP contribution in [-0.4, -0.2) is 18.5 Å². The van der Waals surface area contributed by atoms with Crippen molar-refractivity contribution in [3.63, 3.8) is 0 Å². The first-order chi connectivity index (χ1) is 7.34. The maximum absolute atomic E-state index is 11.9. The fraction of sp³-hybridized carbons (Fsp3) is 0.545. The second-order valence-electron chi connectivity index (χ2n) is 4.77. The third-order valence-electron chi connectivity index (χ3n) is 2.42. The number of hydrogen-bond donors (Lipinski definition) is 2. The Hall–Kier alpha value is -0.390. The SMILES string of the molecule is CC(C)(C)C(CN)NC(=O)c1csc(Br)c1. The molecule has 16 heavy (non-hydrogen) atoms. The van der Waals surface area contributed by atoms with Crippen molar-refractivity contribution in [2.75, 3.05) is 6.54 Å². The van der Waals surface area contributed by atoms with Crippen LogP contribution in [0, 0.1) is 5.41 Å². The summed E-state index contributed by atoms with van der Waals surface area (Å²) in [6.07, 6.45) is 0. The van der Waals surface area contributed by atoms with Crippen molar-refractivity contribution in [3.05, 3.63) is 20.8 Å². The van der Waals surface area contributed by atoms with Gasteiger partial charge in [-0.2, -0.15) is 0 Å². The molecular weight excluding hydrogens is 288 g/mol. The Morgan fingerprint density at radius 1 is 1.62 bits per heavy atom. The number of halogens is 1. The summed E-state index contributed by atoms with van der Waals surface area (Å²) in [7, 11) is 0. The van der Waals surface area contributed by atoms with Crippen molar-refractivity contribution in [1.29, 1.82) is 0 Å². The standard InChI is InChI=1S/C11H17BrN2OS/c1-11(2,3)8(5-13)14-10(15)7-4-9(12)16-6-7/h4,6,8H,5,13H2,1-3H3,(H,14,15). The highest BCUT2D eigenvalue weighted by atomic mass is 79.9. The Morgan fingerprint density at radius 3 is 2.62 bits per heavy atom. The van der Waals surface area contributed by atoms with Gasteiger partial charge in [0, 0.05) is 18.0 Å². The second kappa shape index (κ2) is 5.29. The summed E-state index contributed by atoms with van der Waals surface area (Å²) < 4.78 is 0.956. The molecule has 3 N–H and O–H groups in total. The minimum atomic E-state index is -0.0627. The van der Waals surface area contributed by atoms with Crippen LogP contribution in [0.15, 0.2) is 15.2 Å². The van der Waals surface area contributed by atoms with Crippen molar-refractivity contribution in [2.24, 2.45) is 11.1 Å². The fourth-order valence-corrected chi connectivity index (χ4v) is 2.44. The van der Waals surface area contributed by atoms with Gasteiger partial charge in [0.25, 0.3) is 5.91 Å². The molecule has 0 saturated carbocycles. The number of carbonyl (C=O) groups is 1. The van der Waals surface area contributed by atoms with Gasteiger partial charge in [-0.1, -0.05) is 20.8 Å². The monoisotopic (exact) mass is 304 g/mol. The average Bonchev–Trinajstić information content (AvgIpc) is 2.59. The maximum Gasteiger partial charge on any atom is 0.252 e. The highest BCUT2D eigenvalue weighted by Gasteiger charge is 2.25. The number of amides is 1. The Kier molecular flexibility index (Phi) is 4.52. The molecule has 0 saturated heterocycles. The zero-order valence-corrected chi connectivity index (χ0v) is 12.1. The molecule has 0 aliphatic carbocycles. The first kappa shape index (κ1) is 13.7. The van der Waals surface area contributed by atoms with Crippen molar-refractivity contribution in [2.45, 2.75) is 26.8 Å². The summed E-state index contributed by atoms with van der Waals surface area (Å²) in [5.74, 6) is -0.0627. The molecule has 0 radical (unpaired) electrons. The minimum absolute atomic E-state index is 0.0151. The predicted molar refractivity (Wildman–Crippen MR) is 71.8 cm³/mol. The quantitative estimate of drug-likeness (QED) is 0.902. The highest BCUT2D eigenvalue weighted by molar-refractivity contribution is 9.11. The highest BCUT2D eigenvalue weighted by Crippen LogP contribution is 2.22. The van der Waals surface area contributed by atoms with E-state index in [0.717, 1.165) is 3.79 Å². The number of carbonyl (C=O) groups excluding carboxylic acids is 1. The van der Waals surface area contributed by atoms with Crippen LogP contribution in [0.25, 0.3) is 0 Å². The van der Waals surface area contributed by atoms with Crippen LogP contribution in [0.3, 0.4) is 0 Å². The maximum atomic E-state index is 11.9. The Balaban J connectivity index is 2.70. The van der Waals surface area contributed by atoms with Crippen molar-refractivity contribution >= 4 is 33.2 Å². The lowest BCUT2D eigenvalue weighted by Crippen LogP contribution is -2.48. The number of thiophene rings is 1. The third-order valence-corrected chi connectivity index (χ3v) is 3.92. The Bertz CT molecular complexity index is 370. The molecule has 90 valence electrons. The summed E-state index contributed by atoms with van der Waals surface area (Å²) in [4.78, 5) is 11.9. The minimum Gasteiger partial charge on any atom is -0.347 e. The molecule has 3 nitrogen and oxygen atoms in total. The lowest BCUT2D eigenvalue weighted by Gasteiger charge is -2.30. The van der Waals surface area contributed by atoms with E-state index >= 15 is 0 Å². The van der Waals surface area contributed by atoms with Crippen LogP contribution in [0.1, 0.15) is 31.1 Å². The van der Waals surface area contributed by atoms with E-state index in [2.05, 4.69) is 42.0 Å². The average molecular weight is 305 g/mol. The Morgan fingerprint density at radius 2 is 2.25 bits per heavy atom. The van der Waals surface area contributed by atoms with Gasteiger partial charge < -0.3 is 11.1 Å². The van der Waals surface area contributed by atoms with Gasteiger partial charge in [0.2, 0.25) is 0 Å². The largest absolute Gasteiger partial charge is 0.347 e. The second-order valence-corrected chi connectivity index (χ2v) is 7.06. The molecule has 1 unspecified atom stereocenters. The number of hydrogen-bond acceptors (Lipinski definition) is 3. The van der Waals surface area contributed by atoms with Gasteiger partial charge in [-0.05, 0) is 27.4 Å². The van der Waals surface area contributed by atoms with E-state index in [1.54, 1.807) is 0 Å². The zero-order chi connectivity index (χ0) is 12.3. The predicted octanol–water partition coefficient (Wildman–Crippen LogP) is 2.61. The van der Waals surface area contributed by atoms with Crippen LogP contribution in [0.5, 0.6) is 0 Å². The molecule has 1 rings (SSSR count). The van der Waals surface area contributed by atoms with Gasteiger partial charge in [0.1, 0.15) is 0 Å². The van der Waals surface area contributed by atoms with E-state index in [9.17, 15) is 4.79 Å². The lowest BCUT2D eigenvalue weighted by molar-refractivity contribution is 0.0906. The topological polar surface area (TPSA) is 55.1 Å². The normalized spacial score (nSPS) is 13.6. The van der Waals surface area contributed by atoms with Crippen LogP contribution in [-0.2, 0) is 0 Å². The molecule has 0 aromatic carbocycles. The summed E-state index contributed by atoms with van der Waals surface area (Å²) in [6, 6.07) is 1.80. The molecule has 1 atom stereocenters. The summed E-state index contributed by atoms with van der Waals surface area (Å²) in [5, 5.41) is 4.79. The summed E-state index contributed by atoms with van der Waals surface area (Å²) >= 11 is 4.84. The zero-order valence-electron chi connectivity index (χ0n) is 9.71. The van der Waals surface area contributed by atoms with Crippen molar-refractivity contribution in [3.8, 4) is 0 Å². The molecule has 5 heteroatoms. The van der Waals surface area contributed by atoms with Crippen molar-refractivity contribution in [1.82, 2.24) is 5.32 Å². The molecule has 1 aromatic heterocycles. The van der Waals surface area contributed by atoms with Gasteiger partial charge in [0.05, 0.1) is 9.35 Å². The van der Waals surface area contributed by atoms with E-state index < -0.39 is 0 Å². The molecule has 1 aromatic rings. The van der Waals surface area contributed by atoms with E-state index in [1.165, 1.54) is 11.3 Å². The first-order valence-corrected chi connectivity index (χ1v) is 6.77. The van der Waals surface area contributed by atoms with E-state index in [-0.39, 0.29) is 17.4 Å². The molecule has 0 bridgehead atoms. The van der Waals surface area contributed by atoms with Crippen LogP contribution in [0.2, 0.25) is 0 Å². The number of nitrogens with one attached hydrogen (secondary N) is 1. The third kappa shape index (κ3) is 3.57. The van der Waals surface area contributed by atoms with Crippen LogP contribution in [0.4, 0.5) is 0 Å². The van der Waals surface area contributed by atoms with Gasteiger partial charge in [-0.25, -0.2) is 0 Å². The van der Waals surface area contributed by atoms with Crippen molar-refractivity contribution < 1.29 is 4.79 Å². The molecule has 0 fully saturated rings. The molecule has 0 aliphatic heterocycles. The Labute approximate surface area is 109 Å². The molecular formula is C11H17BrN2OS. The smallest absolute Gasteiger partial charge is 0.252 e.